The zero-order valence-electron chi connectivity index (χ0n) is 8.65. The molecule has 0 spiro atoms. The summed E-state index contributed by atoms with van der Waals surface area (Å²) in [6.45, 7) is 4.24. The van der Waals surface area contributed by atoms with Gasteiger partial charge in [0.25, 0.3) is 0 Å². The molecule has 78 valence electrons. The minimum atomic E-state index is 0.387. The summed E-state index contributed by atoms with van der Waals surface area (Å²) in [7, 11) is 0. The predicted molar refractivity (Wildman–Crippen MR) is 55.8 cm³/mol. The summed E-state index contributed by atoms with van der Waals surface area (Å²) in [5.74, 6) is 1.05. The fraction of sp³-hybridized carbons (Fsp3) is 0.636. The van der Waals surface area contributed by atoms with Crippen LogP contribution >= 0.6 is 0 Å². The summed E-state index contributed by atoms with van der Waals surface area (Å²) in [6.07, 6.45) is 3.93. The molecule has 1 saturated heterocycles. The Balaban J connectivity index is 1.92. The van der Waals surface area contributed by atoms with E-state index >= 15 is 0 Å². The normalized spacial score (nSPS) is 29.3. The maximum absolute atomic E-state index is 5.91. The molecule has 0 radical (unpaired) electrons. The van der Waals surface area contributed by atoms with Crippen LogP contribution in [0.3, 0.4) is 0 Å². The molecule has 0 aliphatic carbocycles. The fourth-order valence-corrected chi connectivity index (χ4v) is 2.09. The quantitative estimate of drug-likeness (QED) is 0.777. The highest BCUT2D eigenvalue weighted by molar-refractivity contribution is 4.99. The zero-order valence-corrected chi connectivity index (χ0v) is 8.65. The third-order valence-corrected chi connectivity index (χ3v) is 2.99. The number of hydrogen-bond acceptors (Lipinski definition) is 3. The van der Waals surface area contributed by atoms with E-state index in [0.717, 1.165) is 31.7 Å². The lowest BCUT2D eigenvalue weighted by atomic mass is 9.99. The zero-order chi connectivity index (χ0) is 9.97. The summed E-state index contributed by atoms with van der Waals surface area (Å²) in [5.41, 5.74) is 5.91. The molecule has 2 atom stereocenters. The Morgan fingerprint density at radius 1 is 1.64 bits per heavy atom. The SMILES string of the molecule is CC1CC(N)CCN1Cc1ccco1. The van der Waals surface area contributed by atoms with Crippen LogP contribution in [-0.2, 0) is 6.54 Å². The number of furan rings is 1. The Morgan fingerprint density at radius 3 is 3.14 bits per heavy atom. The monoisotopic (exact) mass is 194 g/mol. The fourth-order valence-electron chi connectivity index (χ4n) is 2.09. The second-order valence-corrected chi connectivity index (χ2v) is 4.18. The third kappa shape index (κ3) is 2.16. The standard InChI is InChI=1S/C11H18N2O/c1-9-7-10(12)4-5-13(9)8-11-3-2-6-14-11/h2-3,6,9-10H,4-5,7-8,12H2,1H3. The van der Waals surface area contributed by atoms with Crippen LogP contribution in [0.5, 0.6) is 0 Å². The average molecular weight is 194 g/mol. The van der Waals surface area contributed by atoms with Crippen molar-refractivity contribution in [3.63, 3.8) is 0 Å². The van der Waals surface area contributed by atoms with Crippen molar-refractivity contribution in [2.24, 2.45) is 5.73 Å². The topological polar surface area (TPSA) is 42.4 Å². The Kier molecular flexibility index (Phi) is 2.89. The summed E-state index contributed by atoms with van der Waals surface area (Å²) in [5, 5.41) is 0. The average Bonchev–Trinajstić information content (AvgIpc) is 2.62. The maximum atomic E-state index is 5.91. The number of rotatable bonds is 2. The van der Waals surface area contributed by atoms with E-state index in [9.17, 15) is 0 Å². The molecule has 2 rings (SSSR count). The van der Waals surface area contributed by atoms with Crippen LogP contribution in [0.2, 0.25) is 0 Å². The molecule has 3 heteroatoms. The van der Waals surface area contributed by atoms with E-state index in [1.807, 2.05) is 12.1 Å². The van der Waals surface area contributed by atoms with E-state index in [1.54, 1.807) is 6.26 Å². The molecule has 0 saturated carbocycles. The predicted octanol–water partition coefficient (Wildman–Crippen LogP) is 1.59. The smallest absolute Gasteiger partial charge is 0.117 e. The Hall–Kier alpha value is -0.800. The number of piperidine rings is 1. The van der Waals surface area contributed by atoms with Gasteiger partial charge in [-0.3, -0.25) is 4.90 Å². The second-order valence-electron chi connectivity index (χ2n) is 4.18. The van der Waals surface area contributed by atoms with E-state index in [1.165, 1.54) is 0 Å². The van der Waals surface area contributed by atoms with Gasteiger partial charge < -0.3 is 10.2 Å². The van der Waals surface area contributed by atoms with Crippen LogP contribution < -0.4 is 5.73 Å². The van der Waals surface area contributed by atoms with Gasteiger partial charge in [-0.05, 0) is 31.9 Å². The van der Waals surface area contributed by atoms with Crippen LogP contribution in [0, 0.1) is 0 Å². The van der Waals surface area contributed by atoms with Crippen molar-refractivity contribution in [1.82, 2.24) is 4.90 Å². The molecule has 0 bridgehead atoms. The highest BCUT2D eigenvalue weighted by Crippen LogP contribution is 2.18. The van der Waals surface area contributed by atoms with Crippen LogP contribution in [-0.4, -0.2) is 23.5 Å². The van der Waals surface area contributed by atoms with Gasteiger partial charge in [0.15, 0.2) is 0 Å². The van der Waals surface area contributed by atoms with E-state index in [-0.39, 0.29) is 0 Å². The van der Waals surface area contributed by atoms with Crippen LogP contribution in [0.25, 0.3) is 0 Å². The molecule has 1 aromatic rings. The van der Waals surface area contributed by atoms with Gasteiger partial charge in [0.1, 0.15) is 5.76 Å². The lowest BCUT2D eigenvalue weighted by molar-refractivity contribution is 0.130. The summed E-state index contributed by atoms with van der Waals surface area (Å²) in [6, 6.07) is 4.93. The van der Waals surface area contributed by atoms with Crippen molar-refractivity contribution < 1.29 is 4.42 Å². The number of hydrogen-bond donors (Lipinski definition) is 1. The van der Waals surface area contributed by atoms with Crippen molar-refractivity contribution in [2.75, 3.05) is 6.54 Å². The molecule has 0 amide bonds. The molecule has 2 unspecified atom stereocenters. The lowest BCUT2D eigenvalue weighted by Gasteiger charge is -2.35. The molecular formula is C11H18N2O. The highest BCUT2D eigenvalue weighted by Gasteiger charge is 2.23. The van der Waals surface area contributed by atoms with Crippen molar-refractivity contribution in [3.05, 3.63) is 24.2 Å². The van der Waals surface area contributed by atoms with E-state index < -0.39 is 0 Å². The van der Waals surface area contributed by atoms with E-state index in [4.69, 9.17) is 10.2 Å². The van der Waals surface area contributed by atoms with Gasteiger partial charge in [-0.1, -0.05) is 0 Å². The Morgan fingerprint density at radius 2 is 2.50 bits per heavy atom. The van der Waals surface area contributed by atoms with Crippen molar-refractivity contribution in [2.45, 2.75) is 38.4 Å². The number of likely N-dealkylation sites (tertiary alicyclic amines) is 1. The Labute approximate surface area is 84.9 Å². The molecule has 3 nitrogen and oxygen atoms in total. The molecular weight excluding hydrogens is 176 g/mol. The molecule has 2 N–H and O–H groups in total. The molecule has 1 fully saturated rings. The van der Waals surface area contributed by atoms with Crippen molar-refractivity contribution in [1.29, 1.82) is 0 Å². The highest BCUT2D eigenvalue weighted by atomic mass is 16.3. The molecule has 2 heterocycles. The van der Waals surface area contributed by atoms with Gasteiger partial charge in [-0.15, -0.1) is 0 Å². The van der Waals surface area contributed by atoms with E-state index in [2.05, 4.69) is 11.8 Å². The minimum Gasteiger partial charge on any atom is -0.468 e. The van der Waals surface area contributed by atoms with E-state index in [0.29, 0.717) is 12.1 Å². The molecule has 1 aliphatic heterocycles. The van der Waals surface area contributed by atoms with Crippen molar-refractivity contribution >= 4 is 0 Å². The first-order valence-corrected chi connectivity index (χ1v) is 5.27. The van der Waals surface area contributed by atoms with Crippen LogP contribution in [0.4, 0.5) is 0 Å². The summed E-state index contributed by atoms with van der Waals surface area (Å²) in [4.78, 5) is 2.43. The Bertz CT molecular complexity index is 271. The summed E-state index contributed by atoms with van der Waals surface area (Å²) >= 11 is 0. The van der Waals surface area contributed by atoms with Gasteiger partial charge >= 0.3 is 0 Å². The van der Waals surface area contributed by atoms with Gasteiger partial charge in [-0.25, -0.2) is 0 Å². The molecule has 14 heavy (non-hydrogen) atoms. The van der Waals surface area contributed by atoms with Gasteiger partial charge in [0.05, 0.1) is 12.8 Å². The number of nitrogens with zero attached hydrogens (tertiary/aromatic N) is 1. The number of nitrogens with two attached hydrogens (primary N) is 1. The molecule has 1 aliphatic rings. The first-order valence-electron chi connectivity index (χ1n) is 5.27. The molecule has 1 aromatic heterocycles. The lowest BCUT2D eigenvalue weighted by Crippen LogP contribution is -2.44. The van der Waals surface area contributed by atoms with Gasteiger partial charge in [-0.2, -0.15) is 0 Å². The second kappa shape index (κ2) is 4.15. The minimum absolute atomic E-state index is 0.387. The maximum Gasteiger partial charge on any atom is 0.117 e. The first-order chi connectivity index (χ1) is 6.75. The third-order valence-electron chi connectivity index (χ3n) is 2.99. The van der Waals surface area contributed by atoms with Gasteiger partial charge in [0, 0.05) is 18.6 Å². The molecule has 0 aromatic carbocycles. The van der Waals surface area contributed by atoms with Crippen molar-refractivity contribution in [3.8, 4) is 0 Å². The van der Waals surface area contributed by atoms with Gasteiger partial charge in [0.2, 0.25) is 0 Å². The van der Waals surface area contributed by atoms with Crippen LogP contribution in [0.1, 0.15) is 25.5 Å². The largest absolute Gasteiger partial charge is 0.468 e. The van der Waals surface area contributed by atoms with Crippen LogP contribution in [0.15, 0.2) is 22.8 Å². The first kappa shape index (κ1) is 9.74. The summed E-state index contributed by atoms with van der Waals surface area (Å²) < 4.78 is 5.34.